The largest absolute Gasteiger partial charge is 0.480 e. The van der Waals surface area contributed by atoms with Gasteiger partial charge in [-0.2, -0.15) is 0 Å². The second kappa shape index (κ2) is 5.53. The molecule has 6 nitrogen and oxygen atoms in total. The molecule has 3 aliphatic rings. The maximum absolute atomic E-state index is 10.9. The van der Waals surface area contributed by atoms with Crippen molar-refractivity contribution in [1.29, 1.82) is 0 Å². The molecular formula is C14H14N4O2S2. The Hall–Kier alpha value is -1.64. The van der Waals surface area contributed by atoms with Gasteiger partial charge in [0.05, 0.1) is 19.9 Å². The van der Waals surface area contributed by atoms with E-state index in [2.05, 4.69) is 32.6 Å². The topological polar surface area (TPSA) is 59.4 Å². The number of hydrogen-bond acceptors (Lipinski definition) is 7. The lowest BCUT2D eigenvalue weighted by atomic mass is 10.2. The van der Waals surface area contributed by atoms with Crippen molar-refractivity contribution in [2.75, 3.05) is 19.9 Å². The number of thioether (sulfide) groups is 2. The first-order valence-corrected chi connectivity index (χ1v) is 8.62. The maximum Gasteiger partial charge on any atom is 0.317 e. The zero-order valence-corrected chi connectivity index (χ0v) is 13.3. The summed E-state index contributed by atoms with van der Waals surface area (Å²) < 4.78 is 0. The molecule has 0 saturated carbocycles. The zero-order valence-electron chi connectivity index (χ0n) is 11.6. The average molecular weight is 334 g/mol. The molecule has 1 atom stereocenters. The van der Waals surface area contributed by atoms with Gasteiger partial charge >= 0.3 is 5.97 Å². The number of aliphatic imine (C=N–C) groups is 1. The summed E-state index contributed by atoms with van der Waals surface area (Å²) in [6.07, 6.45) is 0. The van der Waals surface area contributed by atoms with Crippen LogP contribution in [-0.2, 0) is 4.79 Å². The lowest BCUT2D eigenvalue weighted by Crippen LogP contribution is -2.50. The number of fused-ring (bicyclic) bond motifs is 3. The van der Waals surface area contributed by atoms with Crippen molar-refractivity contribution < 1.29 is 9.90 Å². The number of rotatable bonds is 3. The van der Waals surface area contributed by atoms with Crippen molar-refractivity contribution >= 4 is 34.7 Å². The van der Waals surface area contributed by atoms with E-state index in [0.717, 1.165) is 10.2 Å². The summed E-state index contributed by atoms with van der Waals surface area (Å²) >= 11 is 3.42. The molecule has 1 fully saturated rings. The number of amidine groups is 1. The molecule has 4 rings (SSSR count). The summed E-state index contributed by atoms with van der Waals surface area (Å²) in [5.74, 6) is -0.823. The minimum Gasteiger partial charge on any atom is -0.480 e. The summed E-state index contributed by atoms with van der Waals surface area (Å²) in [6.45, 7) is 1.00. The van der Waals surface area contributed by atoms with Gasteiger partial charge in [-0.05, 0) is 17.3 Å². The number of benzene rings is 1. The van der Waals surface area contributed by atoms with Gasteiger partial charge in [-0.25, -0.2) is 10.0 Å². The van der Waals surface area contributed by atoms with Crippen LogP contribution in [0.5, 0.6) is 0 Å². The normalized spacial score (nSPS) is 23.9. The predicted molar refractivity (Wildman–Crippen MR) is 87.6 cm³/mol. The number of nitrogens with zero attached hydrogens (tertiary/aromatic N) is 4. The lowest BCUT2D eigenvalue weighted by Gasteiger charge is -2.38. The summed E-state index contributed by atoms with van der Waals surface area (Å²) in [6, 6.07) is 10.3. The molecule has 0 radical (unpaired) electrons. The van der Waals surface area contributed by atoms with Crippen molar-refractivity contribution in [2.45, 2.75) is 5.37 Å². The molecule has 1 aromatic rings. The van der Waals surface area contributed by atoms with Gasteiger partial charge in [0.25, 0.3) is 0 Å². The van der Waals surface area contributed by atoms with Gasteiger partial charge in [0.1, 0.15) is 10.4 Å². The highest BCUT2D eigenvalue weighted by molar-refractivity contribution is 8.18. The van der Waals surface area contributed by atoms with Gasteiger partial charge in [0.2, 0.25) is 0 Å². The van der Waals surface area contributed by atoms with Crippen molar-refractivity contribution in [2.24, 2.45) is 4.99 Å². The Morgan fingerprint density at radius 1 is 1.36 bits per heavy atom. The molecule has 114 valence electrons. The van der Waals surface area contributed by atoms with E-state index >= 15 is 0 Å². The standard InChI is InChI=1S/C14H14N4O2S2/c19-12(20)6-16-8-15-14-17(9-16)18-11(22-14)7-21-13(18)10-4-2-1-3-5-10/h1-5,7,13H,6,8-9H2,(H,19,20). The summed E-state index contributed by atoms with van der Waals surface area (Å²) in [5.41, 5.74) is 1.23. The highest BCUT2D eigenvalue weighted by Crippen LogP contribution is 2.52. The van der Waals surface area contributed by atoms with Gasteiger partial charge in [-0.15, -0.1) is 0 Å². The van der Waals surface area contributed by atoms with Crippen LogP contribution in [0.2, 0.25) is 0 Å². The molecule has 0 spiro atoms. The highest BCUT2D eigenvalue weighted by atomic mass is 32.2. The Bertz CT molecular complexity index is 664. The van der Waals surface area contributed by atoms with Crippen LogP contribution in [-0.4, -0.2) is 51.0 Å². The third kappa shape index (κ3) is 2.37. The third-order valence-electron chi connectivity index (χ3n) is 3.61. The van der Waals surface area contributed by atoms with Crippen molar-refractivity contribution in [1.82, 2.24) is 14.9 Å². The summed E-state index contributed by atoms with van der Waals surface area (Å²) in [7, 11) is 0. The number of hydrogen-bond donors (Lipinski definition) is 1. The van der Waals surface area contributed by atoms with Gasteiger partial charge in [0.15, 0.2) is 5.17 Å². The molecule has 1 aromatic carbocycles. The number of carboxylic acids is 1. The van der Waals surface area contributed by atoms with E-state index in [9.17, 15) is 4.79 Å². The van der Waals surface area contributed by atoms with Crippen LogP contribution >= 0.6 is 23.5 Å². The Kier molecular flexibility index (Phi) is 3.51. The van der Waals surface area contributed by atoms with Gasteiger partial charge in [0, 0.05) is 5.41 Å². The number of aliphatic carboxylic acids is 1. The molecule has 3 aliphatic heterocycles. The van der Waals surface area contributed by atoms with Crippen LogP contribution in [0.3, 0.4) is 0 Å². The minimum absolute atomic E-state index is 0.00792. The average Bonchev–Trinajstić information content (AvgIpc) is 3.06. The van der Waals surface area contributed by atoms with E-state index in [0.29, 0.717) is 13.3 Å². The van der Waals surface area contributed by atoms with Gasteiger partial charge < -0.3 is 5.11 Å². The quantitative estimate of drug-likeness (QED) is 0.909. The van der Waals surface area contributed by atoms with Crippen LogP contribution in [0.1, 0.15) is 10.9 Å². The molecular weight excluding hydrogens is 320 g/mol. The van der Waals surface area contributed by atoms with E-state index in [-0.39, 0.29) is 11.9 Å². The molecule has 0 bridgehead atoms. The van der Waals surface area contributed by atoms with Crippen LogP contribution in [0, 0.1) is 0 Å². The first-order chi connectivity index (χ1) is 10.7. The van der Waals surface area contributed by atoms with E-state index in [4.69, 9.17) is 5.11 Å². The van der Waals surface area contributed by atoms with E-state index < -0.39 is 5.97 Å². The molecule has 8 heteroatoms. The fraction of sp³-hybridized carbons (Fsp3) is 0.286. The van der Waals surface area contributed by atoms with E-state index in [1.807, 2.05) is 23.1 Å². The first-order valence-electron chi connectivity index (χ1n) is 6.86. The Morgan fingerprint density at radius 2 is 2.18 bits per heavy atom. The maximum atomic E-state index is 10.9. The highest BCUT2D eigenvalue weighted by Gasteiger charge is 2.43. The molecule has 1 N–H and O–H groups in total. The van der Waals surface area contributed by atoms with Crippen LogP contribution in [0.25, 0.3) is 0 Å². The summed E-state index contributed by atoms with van der Waals surface area (Å²) in [4.78, 5) is 17.3. The van der Waals surface area contributed by atoms with Crippen LogP contribution in [0.15, 0.2) is 45.8 Å². The Morgan fingerprint density at radius 3 is 2.95 bits per heavy atom. The van der Waals surface area contributed by atoms with Crippen molar-refractivity contribution in [3.63, 3.8) is 0 Å². The monoisotopic (exact) mass is 334 g/mol. The Balaban J connectivity index is 1.59. The molecule has 22 heavy (non-hydrogen) atoms. The molecule has 0 aromatic heterocycles. The van der Waals surface area contributed by atoms with Crippen molar-refractivity contribution in [3.8, 4) is 0 Å². The van der Waals surface area contributed by atoms with E-state index in [1.165, 1.54) is 5.56 Å². The number of carboxylic acid groups (broad SMARTS) is 1. The molecule has 0 aliphatic carbocycles. The minimum atomic E-state index is -0.823. The number of hydrazine groups is 1. The SMILES string of the molecule is O=C(O)CN1CN=C2SC3=CSC(c4ccccc4)N3N2C1. The van der Waals surface area contributed by atoms with Crippen LogP contribution < -0.4 is 0 Å². The number of carbonyl (C=O) groups is 1. The summed E-state index contributed by atoms with van der Waals surface area (Å²) in [5, 5.41) is 17.7. The second-order valence-electron chi connectivity index (χ2n) is 5.15. The molecule has 1 unspecified atom stereocenters. The van der Waals surface area contributed by atoms with Gasteiger partial charge in [-0.1, -0.05) is 42.1 Å². The Labute approximate surface area is 136 Å². The zero-order chi connectivity index (χ0) is 15.1. The lowest BCUT2D eigenvalue weighted by molar-refractivity contribution is -0.139. The first kappa shape index (κ1) is 14.0. The smallest absolute Gasteiger partial charge is 0.317 e. The van der Waals surface area contributed by atoms with Gasteiger partial charge in [-0.3, -0.25) is 14.7 Å². The third-order valence-corrected chi connectivity index (χ3v) is 5.88. The van der Waals surface area contributed by atoms with Crippen LogP contribution in [0.4, 0.5) is 0 Å². The fourth-order valence-corrected chi connectivity index (χ4v) is 4.96. The molecule has 3 heterocycles. The molecule has 0 amide bonds. The predicted octanol–water partition coefficient (Wildman–Crippen LogP) is 2.17. The van der Waals surface area contributed by atoms with Crippen molar-refractivity contribution in [3.05, 3.63) is 46.3 Å². The van der Waals surface area contributed by atoms with E-state index in [1.54, 1.807) is 23.5 Å². The fourth-order valence-electron chi connectivity index (χ4n) is 2.67. The second-order valence-corrected chi connectivity index (χ2v) is 7.09. The molecule has 1 saturated heterocycles.